The van der Waals surface area contributed by atoms with Crippen molar-refractivity contribution in [1.29, 1.82) is 0 Å². The molecular formula is C9H15BO4. The molecule has 2 unspecified atom stereocenters. The summed E-state index contributed by atoms with van der Waals surface area (Å²) in [5, 5.41) is 18.0. The Labute approximate surface area is 83.7 Å². The van der Waals surface area contributed by atoms with Gasteiger partial charge >= 0.3 is 13.1 Å². The number of hydrogen-bond acceptors (Lipinski definition) is 4. The van der Waals surface area contributed by atoms with Gasteiger partial charge in [0, 0.05) is 6.08 Å². The maximum Gasteiger partial charge on any atom is 0.454 e. The molecule has 0 aliphatic heterocycles. The molecule has 4 nitrogen and oxygen atoms in total. The molecule has 1 aliphatic carbocycles. The molecule has 1 fully saturated rings. The molecule has 0 amide bonds. The van der Waals surface area contributed by atoms with Gasteiger partial charge in [-0.1, -0.05) is 13.0 Å². The summed E-state index contributed by atoms with van der Waals surface area (Å²) in [5.41, 5.74) is 0. The first kappa shape index (κ1) is 11.3. The summed E-state index contributed by atoms with van der Waals surface area (Å²) in [6.45, 7) is 3.31. The van der Waals surface area contributed by atoms with Crippen molar-refractivity contribution in [1.82, 2.24) is 0 Å². The molecule has 1 rings (SSSR count). The van der Waals surface area contributed by atoms with Gasteiger partial charge in [-0.2, -0.15) is 0 Å². The predicted molar refractivity (Wildman–Crippen MR) is 52.5 cm³/mol. The molecule has 1 aliphatic rings. The third-order valence-electron chi connectivity index (χ3n) is 2.54. The van der Waals surface area contributed by atoms with E-state index in [2.05, 4.69) is 6.58 Å². The number of carbonyl (C=O) groups is 1. The van der Waals surface area contributed by atoms with Crippen LogP contribution in [0.25, 0.3) is 0 Å². The molecule has 0 aromatic heterocycles. The van der Waals surface area contributed by atoms with Crippen LogP contribution >= 0.6 is 0 Å². The van der Waals surface area contributed by atoms with Crippen molar-refractivity contribution in [2.24, 2.45) is 0 Å². The Morgan fingerprint density at radius 1 is 1.50 bits per heavy atom. The van der Waals surface area contributed by atoms with E-state index in [0.29, 0.717) is 6.42 Å². The highest BCUT2D eigenvalue weighted by Crippen LogP contribution is 2.31. The molecular weight excluding hydrogens is 183 g/mol. The van der Waals surface area contributed by atoms with Gasteiger partial charge < -0.3 is 14.8 Å². The predicted octanol–water partition coefficient (Wildman–Crippen LogP) is 0.501. The quantitative estimate of drug-likeness (QED) is 0.393. The molecule has 78 valence electrons. The van der Waals surface area contributed by atoms with E-state index in [9.17, 15) is 4.79 Å². The van der Waals surface area contributed by atoms with E-state index >= 15 is 0 Å². The zero-order valence-corrected chi connectivity index (χ0v) is 8.06. The summed E-state index contributed by atoms with van der Waals surface area (Å²) in [4.78, 5) is 10.9. The lowest BCUT2D eigenvalue weighted by Gasteiger charge is -2.27. The lowest BCUT2D eigenvalue weighted by atomic mass is 9.64. The molecule has 5 heteroatoms. The van der Waals surface area contributed by atoms with E-state index < -0.39 is 13.1 Å². The van der Waals surface area contributed by atoms with Crippen LogP contribution in [0.15, 0.2) is 12.7 Å². The number of carbonyl (C=O) groups excluding carboxylic acids is 1. The maximum absolute atomic E-state index is 10.9. The third-order valence-corrected chi connectivity index (χ3v) is 2.54. The fourth-order valence-electron chi connectivity index (χ4n) is 1.77. The highest BCUT2D eigenvalue weighted by atomic mass is 16.5. The lowest BCUT2D eigenvalue weighted by Crippen LogP contribution is -2.30. The number of ether oxygens (including phenoxy) is 1. The van der Waals surface area contributed by atoms with E-state index in [0.717, 1.165) is 25.3 Å². The fourth-order valence-corrected chi connectivity index (χ4v) is 1.77. The molecule has 0 saturated heterocycles. The number of hydrogen-bond donors (Lipinski definition) is 2. The van der Waals surface area contributed by atoms with Gasteiger partial charge in [-0.3, -0.25) is 0 Å². The fraction of sp³-hybridized carbons (Fsp3) is 0.667. The highest BCUT2D eigenvalue weighted by Gasteiger charge is 2.31. The van der Waals surface area contributed by atoms with Gasteiger partial charge in [0.05, 0.1) is 0 Å². The van der Waals surface area contributed by atoms with Gasteiger partial charge in [-0.15, -0.1) is 0 Å². The summed E-state index contributed by atoms with van der Waals surface area (Å²) < 4.78 is 5.04. The van der Waals surface area contributed by atoms with Crippen molar-refractivity contribution in [3.63, 3.8) is 0 Å². The molecule has 2 N–H and O–H groups in total. The molecule has 0 heterocycles. The van der Waals surface area contributed by atoms with Crippen molar-refractivity contribution >= 4 is 13.1 Å². The maximum atomic E-state index is 10.9. The second-order valence-corrected chi connectivity index (χ2v) is 3.60. The number of rotatable bonds is 3. The zero-order chi connectivity index (χ0) is 10.6. The van der Waals surface area contributed by atoms with Gasteiger partial charge in [0.25, 0.3) is 0 Å². The molecule has 0 bridgehead atoms. The van der Waals surface area contributed by atoms with Gasteiger partial charge in [-0.25, -0.2) is 4.79 Å². The van der Waals surface area contributed by atoms with Crippen LogP contribution in [0.4, 0.5) is 0 Å². The second-order valence-electron chi connectivity index (χ2n) is 3.60. The first-order valence-electron chi connectivity index (χ1n) is 4.82. The molecule has 2 atom stereocenters. The van der Waals surface area contributed by atoms with Crippen molar-refractivity contribution in [2.45, 2.75) is 37.6 Å². The SMILES string of the molecule is C=CC(=O)OC1CCCC(B(O)O)C1. The second kappa shape index (κ2) is 5.17. The van der Waals surface area contributed by atoms with Crippen LogP contribution < -0.4 is 0 Å². The van der Waals surface area contributed by atoms with Crippen LogP contribution in [-0.4, -0.2) is 29.2 Å². The first-order valence-corrected chi connectivity index (χ1v) is 4.82. The summed E-state index contributed by atoms with van der Waals surface area (Å²) >= 11 is 0. The van der Waals surface area contributed by atoms with E-state index in [4.69, 9.17) is 14.8 Å². The van der Waals surface area contributed by atoms with Crippen molar-refractivity contribution < 1.29 is 19.6 Å². The van der Waals surface area contributed by atoms with Crippen molar-refractivity contribution in [3.8, 4) is 0 Å². The molecule has 0 aromatic rings. The Bertz CT molecular complexity index is 217. The average Bonchev–Trinajstić information content (AvgIpc) is 2.18. The van der Waals surface area contributed by atoms with Crippen molar-refractivity contribution in [3.05, 3.63) is 12.7 Å². The number of esters is 1. The molecule has 1 saturated carbocycles. The van der Waals surface area contributed by atoms with E-state index in [1.54, 1.807) is 0 Å². The monoisotopic (exact) mass is 198 g/mol. The minimum absolute atomic E-state index is 0.175. The summed E-state index contributed by atoms with van der Waals surface area (Å²) in [6.07, 6.45) is 3.89. The summed E-state index contributed by atoms with van der Waals surface area (Å²) in [5.74, 6) is -0.616. The van der Waals surface area contributed by atoms with Gasteiger partial charge in [0.15, 0.2) is 0 Å². The van der Waals surface area contributed by atoms with Gasteiger partial charge in [-0.05, 0) is 25.1 Å². The van der Waals surface area contributed by atoms with Crippen LogP contribution in [0, 0.1) is 0 Å². The smallest absolute Gasteiger partial charge is 0.454 e. The average molecular weight is 198 g/mol. The van der Waals surface area contributed by atoms with Crippen LogP contribution in [0.2, 0.25) is 5.82 Å². The minimum Gasteiger partial charge on any atom is -0.459 e. The third kappa shape index (κ3) is 3.16. The van der Waals surface area contributed by atoms with Gasteiger partial charge in [0.1, 0.15) is 6.10 Å². The Hall–Kier alpha value is -0.805. The van der Waals surface area contributed by atoms with E-state index in [1.165, 1.54) is 0 Å². The molecule has 0 spiro atoms. The summed E-state index contributed by atoms with van der Waals surface area (Å²) in [6, 6.07) is 0. The highest BCUT2D eigenvalue weighted by molar-refractivity contribution is 6.43. The standard InChI is InChI=1S/C9H15BO4/c1-2-9(11)14-8-5-3-4-7(6-8)10(12)13/h2,7-8,12-13H,1,3-6H2. The zero-order valence-electron chi connectivity index (χ0n) is 8.06. The Kier molecular flexibility index (Phi) is 4.16. The van der Waals surface area contributed by atoms with Crippen LogP contribution in [0.1, 0.15) is 25.7 Å². The Morgan fingerprint density at radius 2 is 2.21 bits per heavy atom. The normalized spacial score (nSPS) is 26.7. The molecule has 14 heavy (non-hydrogen) atoms. The molecule has 0 radical (unpaired) electrons. The summed E-state index contributed by atoms with van der Waals surface area (Å²) in [7, 11) is -1.31. The van der Waals surface area contributed by atoms with Crippen molar-refractivity contribution in [2.75, 3.05) is 0 Å². The van der Waals surface area contributed by atoms with Gasteiger partial charge in [0.2, 0.25) is 0 Å². The Balaban J connectivity index is 2.39. The topological polar surface area (TPSA) is 66.8 Å². The molecule has 0 aromatic carbocycles. The van der Waals surface area contributed by atoms with Crippen LogP contribution in [0.5, 0.6) is 0 Å². The van der Waals surface area contributed by atoms with Crippen LogP contribution in [-0.2, 0) is 9.53 Å². The van der Waals surface area contributed by atoms with E-state index in [-0.39, 0.29) is 11.9 Å². The largest absolute Gasteiger partial charge is 0.459 e. The van der Waals surface area contributed by atoms with E-state index in [1.807, 2.05) is 0 Å². The first-order chi connectivity index (χ1) is 6.63. The van der Waals surface area contributed by atoms with Crippen LogP contribution in [0.3, 0.4) is 0 Å². The lowest BCUT2D eigenvalue weighted by molar-refractivity contribution is -0.144. The Morgan fingerprint density at radius 3 is 2.79 bits per heavy atom. The minimum atomic E-state index is -1.31.